The zero-order valence-corrected chi connectivity index (χ0v) is 10.2. The minimum atomic E-state index is -0.159. The topological polar surface area (TPSA) is 100 Å². The Morgan fingerprint density at radius 2 is 2.33 bits per heavy atom. The first-order valence-electron chi connectivity index (χ1n) is 5.46. The minimum absolute atomic E-state index is 0.1000. The van der Waals surface area contributed by atoms with Crippen molar-refractivity contribution in [2.24, 2.45) is 0 Å². The number of anilines is 2. The van der Waals surface area contributed by atoms with E-state index in [9.17, 15) is 4.79 Å². The fourth-order valence-electron chi connectivity index (χ4n) is 1.31. The maximum absolute atomic E-state index is 11.4. The SMILES string of the molecule is COCCNC(=O)CNc1cc(C#N)ccc1N. The van der Waals surface area contributed by atoms with Crippen molar-refractivity contribution in [2.45, 2.75) is 0 Å². The van der Waals surface area contributed by atoms with Crippen LogP contribution in [0.3, 0.4) is 0 Å². The van der Waals surface area contributed by atoms with Gasteiger partial charge in [-0.25, -0.2) is 0 Å². The molecule has 0 fully saturated rings. The summed E-state index contributed by atoms with van der Waals surface area (Å²) < 4.78 is 4.81. The molecule has 0 aliphatic rings. The average Bonchev–Trinajstić information content (AvgIpc) is 2.38. The largest absolute Gasteiger partial charge is 0.397 e. The van der Waals surface area contributed by atoms with Crippen molar-refractivity contribution in [1.82, 2.24) is 5.32 Å². The second-order valence-corrected chi connectivity index (χ2v) is 3.61. The standard InChI is InChI=1S/C12H16N4O2/c1-18-5-4-15-12(17)8-16-11-6-9(7-13)2-3-10(11)14/h2-3,6,16H,4-5,8,14H2,1H3,(H,15,17). The molecule has 0 spiro atoms. The molecule has 1 rings (SSSR count). The van der Waals surface area contributed by atoms with Gasteiger partial charge in [0.2, 0.25) is 5.91 Å². The fraction of sp³-hybridized carbons (Fsp3) is 0.333. The van der Waals surface area contributed by atoms with Crippen molar-refractivity contribution in [3.63, 3.8) is 0 Å². The van der Waals surface area contributed by atoms with Gasteiger partial charge >= 0.3 is 0 Å². The third kappa shape index (κ3) is 4.31. The normalized spacial score (nSPS) is 9.56. The van der Waals surface area contributed by atoms with Gasteiger partial charge in [-0.1, -0.05) is 0 Å². The quantitative estimate of drug-likeness (QED) is 0.497. The number of nitrogens with two attached hydrogens (primary N) is 1. The summed E-state index contributed by atoms with van der Waals surface area (Å²) in [7, 11) is 1.57. The molecule has 0 unspecified atom stereocenters. The van der Waals surface area contributed by atoms with Gasteiger partial charge in [-0.05, 0) is 18.2 Å². The molecule has 1 aromatic carbocycles. The second kappa shape index (κ2) is 7.14. The van der Waals surface area contributed by atoms with E-state index in [1.807, 2.05) is 6.07 Å². The summed E-state index contributed by atoms with van der Waals surface area (Å²) in [6.07, 6.45) is 0. The number of nitrogen functional groups attached to an aromatic ring is 1. The highest BCUT2D eigenvalue weighted by atomic mass is 16.5. The molecule has 1 aromatic rings. The van der Waals surface area contributed by atoms with Gasteiger partial charge in [0.05, 0.1) is 36.2 Å². The van der Waals surface area contributed by atoms with Crippen LogP contribution in [0.25, 0.3) is 0 Å². The number of amides is 1. The van der Waals surface area contributed by atoms with Gasteiger partial charge in [0.15, 0.2) is 0 Å². The Balaban J connectivity index is 2.48. The highest BCUT2D eigenvalue weighted by molar-refractivity contribution is 5.82. The van der Waals surface area contributed by atoms with Crippen LogP contribution in [-0.4, -0.2) is 32.7 Å². The van der Waals surface area contributed by atoms with Gasteiger partial charge in [-0.3, -0.25) is 4.79 Å². The first-order valence-corrected chi connectivity index (χ1v) is 5.46. The van der Waals surface area contributed by atoms with Gasteiger partial charge in [0, 0.05) is 13.7 Å². The Morgan fingerprint density at radius 1 is 1.56 bits per heavy atom. The highest BCUT2D eigenvalue weighted by Crippen LogP contribution is 2.19. The fourth-order valence-corrected chi connectivity index (χ4v) is 1.31. The first kappa shape index (κ1) is 13.8. The van der Waals surface area contributed by atoms with E-state index in [4.69, 9.17) is 15.7 Å². The van der Waals surface area contributed by atoms with Crippen molar-refractivity contribution in [1.29, 1.82) is 5.26 Å². The molecule has 18 heavy (non-hydrogen) atoms. The molecule has 6 heteroatoms. The third-order valence-electron chi connectivity index (χ3n) is 2.25. The summed E-state index contributed by atoms with van der Waals surface area (Å²) in [6, 6.07) is 6.87. The molecular formula is C12H16N4O2. The van der Waals surface area contributed by atoms with Gasteiger partial charge in [-0.15, -0.1) is 0 Å². The van der Waals surface area contributed by atoms with Gasteiger partial charge < -0.3 is 21.1 Å². The summed E-state index contributed by atoms with van der Waals surface area (Å²) in [5.41, 5.74) is 7.30. The number of nitrogens with one attached hydrogen (secondary N) is 2. The van der Waals surface area contributed by atoms with E-state index in [0.29, 0.717) is 30.1 Å². The second-order valence-electron chi connectivity index (χ2n) is 3.61. The number of benzene rings is 1. The van der Waals surface area contributed by atoms with E-state index in [0.717, 1.165) is 0 Å². The van der Waals surface area contributed by atoms with Crippen LogP contribution in [0.2, 0.25) is 0 Å². The molecule has 1 amide bonds. The predicted molar refractivity (Wildman–Crippen MR) is 68.9 cm³/mol. The lowest BCUT2D eigenvalue weighted by Crippen LogP contribution is -2.32. The van der Waals surface area contributed by atoms with Crippen LogP contribution in [0.5, 0.6) is 0 Å². The van der Waals surface area contributed by atoms with Crippen LogP contribution in [0.4, 0.5) is 11.4 Å². The third-order valence-corrected chi connectivity index (χ3v) is 2.25. The summed E-state index contributed by atoms with van der Waals surface area (Å²) in [5.74, 6) is -0.159. The van der Waals surface area contributed by atoms with Gasteiger partial charge in [0.25, 0.3) is 0 Å². The van der Waals surface area contributed by atoms with Crippen LogP contribution in [0.1, 0.15) is 5.56 Å². The molecule has 0 saturated heterocycles. The Morgan fingerprint density at radius 3 is 3.00 bits per heavy atom. The Labute approximate surface area is 106 Å². The summed E-state index contributed by atoms with van der Waals surface area (Å²) in [4.78, 5) is 11.4. The van der Waals surface area contributed by atoms with Crippen molar-refractivity contribution in [2.75, 3.05) is 37.9 Å². The van der Waals surface area contributed by atoms with E-state index in [-0.39, 0.29) is 12.5 Å². The van der Waals surface area contributed by atoms with Crippen LogP contribution >= 0.6 is 0 Å². The molecule has 0 atom stereocenters. The maximum atomic E-state index is 11.4. The van der Waals surface area contributed by atoms with Crippen molar-refractivity contribution in [3.05, 3.63) is 23.8 Å². The molecule has 0 aliphatic heterocycles. The number of methoxy groups -OCH3 is 1. The molecule has 96 valence electrons. The number of hydrogen-bond acceptors (Lipinski definition) is 5. The monoisotopic (exact) mass is 248 g/mol. The number of carbonyl (C=O) groups is 1. The summed E-state index contributed by atoms with van der Waals surface area (Å²) >= 11 is 0. The molecule has 4 N–H and O–H groups in total. The number of rotatable bonds is 6. The number of ether oxygens (including phenoxy) is 1. The van der Waals surface area contributed by atoms with E-state index in [1.165, 1.54) is 0 Å². The molecule has 0 heterocycles. The lowest BCUT2D eigenvalue weighted by Gasteiger charge is -2.09. The van der Waals surface area contributed by atoms with Gasteiger partial charge in [0.1, 0.15) is 0 Å². The summed E-state index contributed by atoms with van der Waals surface area (Å²) in [5, 5.41) is 14.3. The van der Waals surface area contributed by atoms with Crippen molar-refractivity contribution in [3.8, 4) is 6.07 Å². The smallest absolute Gasteiger partial charge is 0.239 e. The van der Waals surface area contributed by atoms with Crippen LogP contribution in [-0.2, 0) is 9.53 Å². The Bertz CT molecular complexity index is 454. The lowest BCUT2D eigenvalue weighted by molar-refractivity contribution is -0.119. The molecule has 0 bridgehead atoms. The van der Waals surface area contributed by atoms with E-state index in [1.54, 1.807) is 25.3 Å². The molecule has 0 aliphatic carbocycles. The molecular weight excluding hydrogens is 232 g/mol. The number of nitriles is 1. The molecule has 0 saturated carbocycles. The average molecular weight is 248 g/mol. The highest BCUT2D eigenvalue weighted by Gasteiger charge is 2.04. The number of carbonyl (C=O) groups excluding carboxylic acids is 1. The zero-order valence-electron chi connectivity index (χ0n) is 10.2. The van der Waals surface area contributed by atoms with E-state index in [2.05, 4.69) is 10.6 Å². The molecule has 6 nitrogen and oxygen atoms in total. The summed E-state index contributed by atoms with van der Waals surface area (Å²) in [6.45, 7) is 1.03. The van der Waals surface area contributed by atoms with Crippen LogP contribution in [0, 0.1) is 11.3 Å². The van der Waals surface area contributed by atoms with Crippen molar-refractivity contribution < 1.29 is 9.53 Å². The first-order chi connectivity index (χ1) is 8.67. The van der Waals surface area contributed by atoms with Crippen molar-refractivity contribution >= 4 is 17.3 Å². The van der Waals surface area contributed by atoms with E-state index >= 15 is 0 Å². The zero-order chi connectivity index (χ0) is 13.4. The minimum Gasteiger partial charge on any atom is -0.397 e. The Hall–Kier alpha value is -2.26. The Kier molecular flexibility index (Phi) is 5.48. The predicted octanol–water partition coefficient (Wildman–Crippen LogP) is 0.315. The molecule has 0 aromatic heterocycles. The lowest BCUT2D eigenvalue weighted by atomic mass is 10.2. The van der Waals surface area contributed by atoms with Crippen LogP contribution < -0.4 is 16.4 Å². The number of nitrogens with zero attached hydrogens (tertiary/aromatic N) is 1. The molecule has 0 radical (unpaired) electrons. The maximum Gasteiger partial charge on any atom is 0.239 e. The van der Waals surface area contributed by atoms with Gasteiger partial charge in [-0.2, -0.15) is 5.26 Å². The number of hydrogen-bond donors (Lipinski definition) is 3. The van der Waals surface area contributed by atoms with E-state index < -0.39 is 0 Å². The van der Waals surface area contributed by atoms with Crippen LogP contribution in [0.15, 0.2) is 18.2 Å².